The van der Waals surface area contributed by atoms with Gasteiger partial charge in [0.1, 0.15) is 12.4 Å². The first kappa shape index (κ1) is 24.3. The Morgan fingerprint density at radius 3 is 2.64 bits per heavy atom. The van der Waals surface area contributed by atoms with Crippen LogP contribution in [0.5, 0.6) is 5.75 Å². The van der Waals surface area contributed by atoms with Gasteiger partial charge in [-0.2, -0.15) is 0 Å². The molecule has 2 rings (SSSR count). The zero-order valence-corrected chi connectivity index (χ0v) is 19.1. The highest BCUT2D eigenvalue weighted by Gasteiger charge is 2.27. The highest BCUT2D eigenvalue weighted by molar-refractivity contribution is 14.0. The number of nitrogens with one attached hydrogen (secondary N) is 2. The summed E-state index contributed by atoms with van der Waals surface area (Å²) < 4.78 is 10.8. The monoisotopic (exact) mass is 501 g/mol. The molecule has 0 amide bonds. The average Bonchev–Trinajstić information content (AvgIpc) is 2.70. The van der Waals surface area contributed by atoms with Crippen LogP contribution < -0.4 is 15.4 Å². The maximum absolute atomic E-state index is 11.9. The summed E-state index contributed by atoms with van der Waals surface area (Å²) in [4.78, 5) is 16.2. The Morgan fingerprint density at radius 2 is 2.00 bits per heavy atom. The normalized spacial score (nSPS) is 19.1. The van der Waals surface area contributed by atoms with Gasteiger partial charge in [-0.25, -0.2) is 0 Å². The molecule has 0 atom stereocenters. The summed E-state index contributed by atoms with van der Waals surface area (Å²) >= 11 is 0. The summed E-state index contributed by atoms with van der Waals surface area (Å²) in [5.74, 6) is 1.57. The Labute approximate surface area is 185 Å². The molecule has 0 saturated heterocycles. The third-order valence-corrected chi connectivity index (χ3v) is 4.69. The predicted octanol–water partition coefficient (Wildman–Crippen LogP) is 3.66. The Kier molecular flexibility index (Phi) is 11.6. The lowest BCUT2D eigenvalue weighted by molar-refractivity contribution is -0.149. The maximum Gasteiger partial charge on any atom is 0.308 e. The summed E-state index contributed by atoms with van der Waals surface area (Å²) in [6.45, 7) is 7.08. The van der Waals surface area contributed by atoms with E-state index in [9.17, 15) is 4.79 Å². The fraction of sp³-hybridized carbons (Fsp3) is 0.524. The van der Waals surface area contributed by atoms with Crippen LogP contribution >= 0.6 is 24.0 Å². The van der Waals surface area contributed by atoms with E-state index >= 15 is 0 Å². The average molecular weight is 501 g/mol. The molecule has 1 aliphatic carbocycles. The van der Waals surface area contributed by atoms with E-state index in [2.05, 4.69) is 22.2 Å². The number of benzene rings is 1. The van der Waals surface area contributed by atoms with Gasteiger partial charge in [0.15, 0.2) is 5.96 Å². The second kappa shape index (κ2) is 13.4. The minimum atomic E-state index is -0.0606. The van der Waals surface area contributed by atoms with Gasteiger partial charge in [0.2, 0.25) is 0 Å². The van der Waals surface area contributed by atoms with E-state index in [0.29, 0.717) is 25.8 Å². The van der Waals surface area contributed by atoms with Gasteiger partial charge in [-0.3, -0.25) is 9.79 Å². The van der Waals surface area contributed by atoms with Crippen LogP contribution in [0.15, 0.2) is 41.9 Å². The largest absolute Gasteiger partial charge is 0.489 e. The molecule has 1 saturated carbocycles. The number of hydrogen-bond donors (Lipinski definition) is 2. The van der Waals surface area contributed by atoms with Crippen molar-refractivity contribution < 1.29 is 14.3 Å². The number of para-hydroxylation sites is 1. The standard InChI is InChI=1S/C21H31N3O3.HI/c1-4-14-27-19-9-7-6-8-17(19)15-23-21(22-3)24-18-12-10-16(11-13-18)20(25)26-5-2;/h4,6-9,16,18H,1,5,10-15H2,2-3H3,(H2,22,23,24);1H. The topological polar surface area (TPSA) is 72.0 Å². The van der Waals surface area contributed by atoms with Crippen LogP contribution in [0.3, 0.4) is 0 Å². The van der Waals surface area contributed by atoms with Crippen molar-refractivity contribution in [2.75, 3.05) is 20.3 Å². The van der Waals surface area contributed by atoms with Crippen molar-refractivity contribution in [1.82, 2.24) is 10.6 Å². The maximum atomic E-state index is 11.9. The van der Waals surface area contributed by atoms with Gasteiger partial charge in [0.05, 0.1) is 12.5 Å². The third-order valence-electron chi connectivity index (χ3n) is 4.69. The van der Waals surface area contributed by atoms with Gasteiger partial charge >= 0.3 is 5.97 Å². The Bertz CT molecular complexity index is 644. The number of guanidine groups is 1. The summed E-state index contributed by atoms with van der Waals surface area (Å²) in [6.07, 6.45) is 5.31. The quantitative estimate of drug-likeness (QED) is 0.187. The fourth-order valence-electron chi connectivity index (χ4n) is 3.24. The van der Waals surface area contributed by atoms with Gasteiger partial charge in [-0.1, -0.05) is 30.9 Å². The van der Waals surface area contributed by atoms with Gasteiger partial charge < -0.3 is 20.1 Å². The second-order valence-electron chi connectivity index (χ2n) is 6.58. The van der Waals surface area contributed by atoms with E-state index < -0.39 is 0 Å². The predicted molar refractivity (Wildman–Crippen MR) is 123 cm³/mol. The first-order valence-electron chi connectivity index (χ1n) is 9.63. The first-order chi connectivity index (χ1) is 13.2. The molecule has 156 valence electrons. The molecule has 1 aromatic rings. The van der Waals surface area contributed by atoms with E-state index in [-0.39, 0.29) is 35.9 Å². The second-order valence-corrected chi connectivity index (χ2v) is 6.58. The molecule has 6 nitrogen and oxygen atoms in total. The lowest BCUT2D eigenvalue weighted by Crippen LogP contribution is -2.45. The van der Waals surface area contributed by atoms with Crippen molar-refractivity contribution in [1.29, 1.82) is 0 Å². The molecule has 0 unspecified atom stereocenters. The molecule has 7 heteroatoms. The van der Waals surface area contributed by atoms with Crippen molar-refractivity contribution in [3.63, 3.8) is 0 Å². The number of carbonyl (C=O) groups is 1. The van der Waals surface area contributed by atoms with Crippen molar-refractivity contribution in [3.05, 3.63) is 42.5 Å². The molecule has 0 bridgehead atoms. The van der Waals surface area contributed by atoms with Gasteiger partial charge in [0.25, 0.3) is 0 Å². The van der Waals surface area contributed by atoms with E-state index in [0.717, 1.165) is 43.0 Å². The number of carbonyl (C=O) groups excluding carboxylic acids is 1. The van der Waals surface area contributed by atoms with Crippen LogP contribution in [0.4, 0.5) is 0 Å². The number of rotatable bonds is 8. The lowest BCUT2D eigenvalue weighted by Gasteiger charge is -2.29. The third kappa shape index (κ3) is 7.69. The molecule has 0 aromatic heterocycles. The molecule has 28 heavy (non-hydrogen) atoms. The molecule has 0 radical (unpaired) electrons. The van der Waals surface area contributed by atoms with Crippen molar-refractivity contribution >= 4 is 35.9 Å². The van der Waals surface area contributed by atoms with Gasteiger partial charge in [-0.05, 0) is 38.7 Å². The van der Waals surface area contributed by atoms with E-state index in [1.807, 2.05) is 31.2 Å². The molecule has 0 heterocycles. The van der Waals surface area contributed by atoms with Crippen LogP contribution in [0, 0.1) is 5.92 Å². The minimum absolute atomic E-state index is 0. The van der Waals surface area contributed by atoms with E-state index in [4.69, 9.17) is 9.47 Å². The van der Waals surface area contributed by atoms with Crippen molar-refractivity contribution in [3.8, 4) is 5.75 Å². The van der Waals surface area contributed by atoms with Crippen LogP contribution in [0.1, 0.15) is 38.2 Å². The lowest BCUT2D eigenvalue weighted by atomic mass is 9.86. The fourth-order valence-corrected chi connectivity index (χ4v) is 3.24. The molecule has 1 aliphatic rings. The van der Waals surface area contributed by atoms with Gasteiger partial charge in [0, 0.05) is 25.2 Å². The number of nitrogens with zero attached hydrogens (tertiary/aromatic N) is 1. The van der Waals surface area contributed by atoms with E-state index in [1.54, 1.807) is 13.1 Å². The molecular formula is C21H32IN3O3. The van der Waals surface area contributed by atoms with Crippen LogP contribution in [0.25, 0.3) is 0 Å². The number of hydrogen-bond acceptors (Lipinski definition) is 4. The zero-order valence-electron chi connectivity index (χ0n) is 16.8. The minimum Gasteiger partial charge on any atom is -0.489 e. The SMILES string of the molecule is C=CCOc1ccccc1CNC(=NC)NC1CCC(C(=O)OCC)CC1.I. The number of ether oxygens (including phenoxy) is 2. The summed E-state index contributed by atoms with van der Waals surface area (Å²) in [7, 11) is 1.76. The van der Waals surface area contributed by atoms with Gasteiger partial charge in [-0.15, -0.1) is 24.0 Å². The highest BCUT2D eigenvalue weighted by Crippen LogP contribution is 2.25. The number of halogens is 1. The molecule has 0 aliphatic heterocycles. The number of aliphatic imine (C=N–C) groups is 1. The number of esters is 1. The summed E-state index contributed by atoms with van der Waals surface area (Å²) in [5, 5.41) is 6.81. The highest BCUT2D eigenvalue weighted by atomic mass is 127. The Morgan fingerprint density at radius 1 is 1.29 bits per heavy atom. The van der Waals surface area contributed by atoms with E-state index in [1.165, 1.54) is 0 Å². The van der Waals surface area contributed by atoms with Crippen LogP contribution in [-0.2, 0) is 16.1 Å². The molecule has 2 N–H and O–H groups in total. The van der Waals surface area contributed by atoms with Crippen molar-refractivity contribution in [2.24, 2.45) is 10.9 Å². The van der Waals surface area contributed by atoms with Crippen molar-refractivity contribution in [2.45, 2.75) is 45.2 Å². The first-order valence-corrected chi connectivity index (χ1v) is 9.63. The van der Waals surface area contributed by atoms with Crippen LogP contribution in [0.2, 0.25) is 0 Å². The zero-order chi connectivity index (χ0) is 19.5. The van der Waals surface area contributed by atoms with Crippen LogP contribution in [-0.4, -0.2) is 38.2 Å². The Hall–Kier alpha value is -1.77. The summed E-state index contributed by atoms with van der Waals surface area (Å²) in [6, 6.07) is 8.24. The molecule has 1 fully saturated rings. The Balaban J connectivity index is 0.00000392. The molecular weight excluding hydrogens is 469 g/mol. The summed E-state index contributed by atoms with van der Waals surface area (Å²) in [5.41, 5.74) is 1.06. The molecule has 0 spiro atoms. The smallest absolute Gasteiger partial charge is 0.308 e. The molecule has 1 aromatic carbocycles.